The number of carbonyl (C=O) groups excluding carboxylic acids is 1. The number of hydrogen-bond acceptors (Lipinski definition) is 4. The molecule has 0 radical (unpaired) electrons. The molecule has 108 valence electrons. The predicted molar refractivity (Wildman–Crippen MR) is 75.7 cm³/mol. The number of likely N-dealkylation sites (N-methyl/N-ethyl adjacent to an activating group) is 1. The van der Waals surface area contributed by atoms with Gasteiger partial charge in [0.1, 0.15) is 6.54 Å². The molecule has 1 aromatic rings. The van der Waals surface area contributed by atoms with E-state index in [0.717, 1.165) is 43.6 Å². The summed E-state index contributed by atoms with van der Waals surface area (Å²) >= 11 is 0. The van der Waals surface area contributed by atoms with E-state index >= 15 is 0 Å². The molecule has 20 heavy (non-hydrogen) atoms. The number of aryl methyl sites for hydroxylation is 1. The summed E-state index contributed by atoms with van der Waals surface area (Å²) in [7, 11) is 0. The molecule has 2 aliphatic rings. The molecule has 0 bridgehead atoms. The van der Waals surface area contributed by atoms with E-state index in [4.69, 9.17) is 0 Å². The van der Waals surface area contributed by atoms with Crippen LogP contribution in [0.15, 0.2) is 10.9 Å². The van der Waals surface area contributed by atoms with Crippen LogP contribution in [0.3, 0.4) is 0 Å². The highest BCUT2D eigenvalue weighted by molar-refractivity contribution is 5.76. The van der Waals surface area contributed by atoms with Gasteiger partial charge in [-0.05, 0) is 32.6 Å². The molecule has 1 amide bonds. The monoisotopic (exact) mass is 276 g/mol. The summed E-state index contributed by atoms with van der Waals surface area (Å²) in [4.78, 5) is 26.1. The Balaban J connectivity index is 1.79. The third-order valence-corrected chi connectivity index (χ3v) is 3.91. The first kappa shape index (κ1) is 13.1. The van der Waals surface area contributed by atoms with Gasteiger partial charge in [-0.2, -0.15) is 5.10 Å². The van der Waals surface area contributed by atoms with Crippen LogP contribution in [0, 0.1) is 0 Å². The maximum atomic E-state index is 12.3. The summed E-state index contributed by atoms with van der Waals surface area (Å²) in [6, 6.07) is 1.94. The summed E-state index contributed by atoms with van der Waals surface area (Å²) < 4.78 is 1.30. The minimum atomic E-state index is -0.210. The normalized spacial score (nSPS) is 17.2. The third kappa shape index (κ3) is 2.55. The number of hydrogen-bond donors (Lipinski definition) is 1. The van der Waals surface area contributed by atoms with E-state index < -0.39 is 0 Å². The van der Waals surface area contributed by atoms with Crippen molar-refractivity contribution in [1.29, 1.82) is 0 Å². The minimum Gasteiger partial charge on any atom is -0.383 e. The second-order valence-electron chi connectivity index (χ2n) is 5.44. The Morgan fingerprint density at radius 1 is 1.55 bits per heavy atom. The fraction of sp³-hybridized carbons (Fsp3) is 0.643. The zero-order chi connectivity index (χ0) is 14.1. The maximum Gasteiger partial charge on any atom is 0.269 e. The number of rotatable bonds is 4. The first-order valence-electron chi connectivity index (χ1n) is 7.33. The van der Waals surface area contributed by atoms with Gasteiger partial charge in [-0.1, -0.05) is 0 Å². The zero-order valence-electron chi connectivity index (χ0n) is 11.8. The molecule has 1 aliphatic heterocycles. The second-order valence-corrected chi connectivity index (χ2v) is 5.44. The van der Waals surface area contributed by atoms with Crippen LogP contribution < -0.4 is 10.9 Å². The fourth-order valence-corrected chi connectivity index (χ4v) is 2.70. The van der Waals surface area contributed by atoms with E-state index in [1.165, 1.54) is 4.68 Å². The summed E-state index contributed by atoms with van der Waals surface area (Å²) in [5.74, 6) is -0.00619. The van der Waals surface area contributed by atoms with Crippen molar-refractivity contribution in [2.24, 2.45) is 0 Å². The number of anilines is 1. The quantitative estimate of drug-likeness (QED) is 0.875. The van der Waals surface area contributed by atoms with E-state index in [-0.39, 0.29) is 18.0 Å². The number of fused-ring (bicyclic) bond motifs is 1. The molecule has 6 heteroatoms. The fourth-order valence-electron chi connectivity index (χ4n) is 2.70. The van der Waals surface area contributed by atoms with Crippen LogP contribution in [0.25, 0.3) is 0 Å². The average molecular weight is 276 g/mol. The van der Waals surface area contributed by atoms with Crippen molar-refractivity contribution in [3.63, 3.8) is 0 Å². The molecule has 1 aromatic heterocycles. The van der Waals surface area contributed by atoms with Gasteiger partial charge in [-0.15, -0.1) is 0 Å². The van der Waals surface area contributed by atoms with E-state index in [1.807, 2.05) is 11.8 Å². The number of nitrogens with one attached hydrogen (secondary N) is 1. The molecule has 0 aromatic carbocycles. The van der Waals surface area contributed by atoms with Crippen molar-refractivity contribution in [2.45, 2.75) is 45.2 Å². The lowest BCUT2D eigenvalue weighted by Crippen LogP contribution is -2.39. The van der Waals surface area contributed by atoms with Crippen LogP contribution in [0.2, 0.25) is 0 Å². The van der Waals surface area contributed by atoms with Gasteiger partial charge in [-0.25, -0.2) is 4.68 Å². The van der Waals surface area contributed by atoms with Gasteiger partial charge in [0.05, 0.1) is 11.4 Å². The van der Waals surface area contributed by atoms with Crippen LogP contribution in [-0.2, 0) is 17.8 Å². The number of nitrogens with zero attached hydrogens (tertiary/aromatic N) is 3. The highest BCUT2D eigenvalue weighted by atomic mass is 16.2. The summed E-state index contributed by atoms with van der Waals surface area (Å²) in [6.45, 7) is 3.60. The topological polar surface area (TPSA) is 67.2 Å². The van der Waals surface area contributed by atoms with Gasteiger partial charge in [0, 0.05) is 25.2 Å². The number of amides is 1. The predicted octanol–water partition coefficient (Wildman–Crippen LogP) is 0.612. The summed E-state index contributed by atoms with van der Waals surface area (Å²) in [6.07, 6.45) is 4.03. The van der Waals surface area contributed by atoms with E-state index in [1.54, 1.807) is 6.07 Å². The van der Waals surface area contributed by atoms with Crippen LogP contribution in [0.1, 0.15) is 31.9 Å². The molecule has 2 heterocycles. The summed E-state index contributed by atoms with van der Waals surface area (Å²) in [5, 5.41) is 7.52. The van der Waals surface area contributed by atoms with Crippen molar-refractivity contribution in [3.05, 3.63) is 22.1 Å². The molecule has 1 saturated carbocycles. The number of carbonyl (C=O) groups is 1. The lowest BCUT2D eigenvalue weighted by atomic mass is 10.1. The lowest BCUT2D eigenvalue weighted by molar-refractivity contribution is -0.132. The molecular weight excluding hydrogens is 256 g/mol. The van der Waals surface area contributed by atoms with Crippen LogP contribution in [0.5, 0.6) is 0 Å². The van der Waals surface area contributed by atoms with E-state index in [0.29, 0.717) is 12.6 Å². The van der Waals surface area contributed by atoms with Crippen LogP contribution in [0.4, 0.5) is 5.69 Å². The first-order valence-corrected chi connectivity index (χ1v) is 7.33. The maximum absolute atomic E-state index is 12.3. The molecule has 0 saturated heterocycles. The lowest BCUT2D eigenvalue weighted by Gasteiger charge is -2.21. The van der Waals surface area contributed by atoms with Crippen molar-refractivity contribution >= 4 is 11.6 Å². The second kappa shape index (κ2) is 5.26. The van der Waals surface area contributed by atoms with Crippen LogP contribution >= 0.6 is 0 Å². The Morgan fingerprint density at radius 2 is 2.35 bits per heavy atom. The first-order chi connectivity index (χ1) is 9.69. The van der Waals surface area contributed by atoms with Crippen molar-refractivity contribution < 1.29 is 4.79 Å². The Bertz CT molecular complexity index is 577. The molecule has 3 rings (SSSR count). The van der Waals surface area contributed by atoms with E-state index in [9.17, 15) is 9.59 Å². The Kier molecular flexibility index (Phi) is 3.46. The van der Waals surface area contributed by atoms with Gasteiger partial charge < -0.3 is 10.2 Å². The van der Waals surface area contributed by atoms with Crippen molar-refractivity contribution in [1.82, 2.24) is 14.7 Å². The SMILES string of the molecule is CCN(C(=O)Cn1nc2c(cc1=O)NCCC2)C1CC1. The number of aromatic nitrogens is 2. The highest BCUT2D eigenvalue weighted by Crippen LogP contribution is 2.26. The van der Waals surface area contributed by atoms with E-state index in [2.05, 4.69) is 10.4 Å². The van der Waals surface area contributed by atoms with Crippen molar-refractivity contribution in [2.75, 3.05) is 18.4 Å². The molecule has 1 aliphatic carbocycles. The molecule has 6 nitrogen and oxygen atoms in total. The van der Waals surface area contributed by atoms with Gasteiger partial charge in [0.25, 0.3) is 5.56 Å². The van der Waals surface area contributed by atoms with Crippen molar-refractivity contribution in [3.8, 4) is 0 Å². The van der Waals surface area contributed by atoms with Crippen LogP contribution in [-0.4, -0.2) is 39.7 Å². The average Bonchev–Trinajstić information content (AvgIpc) is 3.25. The standard InChI is InChI=1S/C14H20N4O2/c1-2-17(10-5-6-10)14(20)9-18-13(19)8-12-11(16-18)4-3-7-15-12/h8,10,15H,2-7,9H2,1H3. The molecule has 1 fully saturated rings. The highest BCUT2D eigenvalue weighted by Gasteiger charge is 2.31. The van der Waals surface area contributed by atoms with Gasteiger partial charge in [0.15, 0.2) is 0 Å². The smallest absolute Gasteiger partial charge is 0.269 e. The molecule has 0 spiro atoms. The Labute approximate surface area is 117 Å². The molecule has 0 unspecified atom stereocenters. The Morgan fingerprint density at radius 3 is 3.05 bits per heavy atom. The Hall–Kier alpha value is -1.85. The van der Waals surface area contributed by atoms with Gasteiger partial charge in [-0.3, -0.25) is 9.59 Å². The zero-order valence-corrected chi connectivity index (χ0v) is 11.8. The van der Waals surface area contributed by atoms with Gasteiger partial charge in [0.2, 0.25) is 5.91 Å². The third-order valence-electron chi connectivity index (χ3n) is 3.91. The molecule has 0 atom stereocenters. The van der Waals surface area contributed by atoms with Gasteiger partial charge >= 0.3 is 0 Å². The largest absolute Gasteiger partial charge is 0.383 e. The summed E-state index contributed by atoms with van der Waals surface area (Å²) in [5.41, 5.74) is 1.50. The molecule has 1 N–H and O–H groups in total. The minimum absolute atomic E-state index is 0.00619. The molecular formula is C14H20N4O2.